The first kappa shape index (κ1) is 18.4. The van der Waals surface area contributed by atoms with Gasteiger partial charge in [0, 0.05) is 6.07 Å². The van der Waals surface area contributed by atoms with Crippen molar-refractivity contribution in [1.29, 1.82) is 0 Å². The maximum Gasteiger partial charge on any atom is 0.280 e. The number of alkyl halides is 4. The molecule has 1 aromatic carbocycles. The van der Waals surface area contributed by atoms with Gasteiger partial charge in [0.05, 0.1) is 15.7 Å². The Morgan fingerprint density at radius 2 is 1.73 bits per heavy atom. The summed E-state index contributed by atoms with van der Waals surface area (Å²) in [5.41, 5.74) is -2.17. The summed E-state index contributed by atoms with van der Waals surface area (Å²) in [5.74, 6) is -0.815. The number of rotatable bonds is 4. The summed E-state index contributed by atoms with van der Waals surface area (Å²) < 4.78 is 52.6. The molecule has 0 spiro atoms. The summed E-state index contributed by atoms with van der Waals surface area (Å²) in [7, 11) is 0. The number of hydrogen-bond acceptors (Lipinski definition) is 3. The fourth-order valence-electron chi connectivity index (χ4n) is 2.19. The van der Waals surface area contributed by atoms with Crippen LogP contribution in [0.15, 0.2) is 30.3 Å². The summed E-state index contributed by atoms with van der Waals surface area (Å²) in [4.78, 5) is 15.9. The van der Waals surface area contributed by atoms with Gasteiger partial charge in [-0.05, 0) is 18.2 Å². The number of nitrogens with one attached hydrogen (secondary N) is 1. The normalized spacial score (nSPS) is 11.5. The Morgan fingerprint density at radius 3 is 2.31 bits per heavy atom. The number of aromatic nitrogens is 3. The highest BCUT2D eigenvalue weighted by Crippen LogP contribution is 2.30. The van der Waals surface area contributed by atoms with Gasteiger partial charge in [-0.1, -0.05) is 29.3 Å². The number of benzene rings is 1. The van der Waals surface area contributed by atoms with Crippen LogP contribution in [-0.4, -0.2) is 20.5 Å². The van der Waals surface area contributed by atoms with Crippen LogP contribution in [-0.2, 0) is 0 Å². The van der Waals surface area contributed by atoms with E-state index in [2.05, 4.69) is 15.4 Å². The minimum Gasteiger partial charge on any atom is -0.318 e. The van der Waals surface area contributed by atoms with Gasteiger partial charge in [0.15, 0.2) is 11.3 Å². The van der Waals surface area contributed by atoms with Crippen LogP contribution >= 0.6 is 23.2 Å². The third kappa shape index (κ3) is 3.45. The topological polar surface area (TPSA) is 59.3 Å². The highest BCUT2D eigenvalue weighted by molar-refractivity contribution is 6.40. The van der Waals surface area contributed by atoms with Crippen molar-refractivity contribution < 1.29 is 22.4 Å². The molecule has 136 valence electrons. The molecule has 0 aliphatic heterocycles. The predicted molar refractivity (Wildman–Crippen MR) is 87.3 cm³/mol. The molecule has 3 aromatic rings. The molecule has 5 nitrogen and oxygen atoms in total. The molecule has 0 unspecified atom stereocenters. The van der Waals surface area contributed by atoms with Crippen molar-refractivity contribution in [2.24, 2.45) is 0 Å². The zero-order chi connectivity index (χ0) is 19.0. The molecule has 0 bridgehead atoms. The lowest BCUT2D eigenvalue weighted by Gasteiger charge is -2.07. The Labute approximate surface area is 153 Å². The first-order valence-corrected chi connectivity index (χ1v) is 7.75. The lowest BCUT2D eigenvalue weighted by Crippen LogP contribution is -2.13. The molecule has 26 heavy (non-hydrogen) atoms. The molecule has 2 heterocycles. The Hall–Kier alpha value is -2.39. The quantitative estimate of drug-likeness (QED) is 0.608. The Bertz CT molecular complexity index is 973. The fourth-order valence-corrected chi connectivity index (χ4v) is 2.68. The summed E-state index contributed by atoms with van der Waals surface area (Å²) in [6.07, 6.45) is -6.14. The van der Waals surface area contributed by atoms with Gasteiger partial charge in [-0.25, -0.2) is 27.1 Å². The first-order chi connectivity index (χ1) is 12.3. The Kier molecular flexibility index (Phi) is 5.01. The van der Waals surface area contributed by atoms with Gasteiger partial charge < -0.3 is 5.32 Å². The maximum absolute atomic E-state index is 13.1. The van der Waals surface area contributed by atoms with Gasteiger partial charge in [-0.15, -0.1) is 0 Å². The van der Waals surface area contributed by atoms with E-state index < -0.39 is 30.1 Å². The standard InChI is InChI=1S/C15H8Cl2F4N4O/c16-6-2-1-3-7(17)12(6)23-15(26)9-5-11-22-8(13(18)19)4-10(14(20)21)25(11)24-9/h1-5,13-14H,(H,23,26). The summed E-state index contributed by atoms with van der Waals surface area (Å²) >= 11 is 11.9. The smallest absolute Gasteiger partial charge is 0.280 e. The molecule has 2 aromatic heterocycles. The monoisotopic (exact) mass is 406 g/mol. The van der Waals surface area contributed by atoms with E-state index in [1.54, 1.807) is 6.07 Å². The second kappa shape index (κ2) is 7.08. The molecule has 0 aliphatic rings. The van der Waals surface area contributed by atoms with E-state index in [9.17, 15) is 22.4 Å². The Morgan fingerprint density at radius 1 is 1.08 bits per heavy atom. The number of amides is 1. The van der Waals surface area contributed by atoms with Gasteiger partial charge in [0.2, 0.25) is 0 Å². The van der Waals surface area contributed by atoms with Crippen LogP contribution in [0.25, 0.3) is 5.65 Å². The molecule has 11 heteroatoms. The van der Waals surface area contributed by atoms with E-state index >= 15 is 0 Å². The molecular weight excluding hydrogens is 399 g/mol. The average molecular weight is 407 g/mol. The van der Waals surface area contributed by atoms with Crippen LogP contribution < -0.4 is 5.32 Å². The van der Waals surface area contributed by atoms with Crippen LogP contribution in [0, 0.1) is 0 Å². The minimum absolute atomic E-state index is 0.105. The van der Waals surface area contributed by atoms with Gasteiger partial charge in [-0.2, -0.15) is 5.10 Å². The number of para-hydroxylation sites is 1. The van der Waals surface area contributed by atoms with E-state index in [-0.39, 0.29) is 27.1 Å². The number of anilines is 1. The van der Waals surface area contributed by atoms with Gasteiger partial charge in [0.1, 0.15) is 11.4 Å². The summed E-state index contributed by atoms with van der Waals surface area (Å²) in [5, 5.41) is 6.43. The number of fused-ring (bicyclic) bond motifs is 1. The number of hydrogen-bond donors (Lipinski definition) is 1. The van der Waals surface area contributed by atoms with Crippen molar-refractivity contribution in [2.45, 2.75) is 12.9 Å². The van der Waals surface area contributed by atoms with E-state index in [1.807, 2.05) is 0 Å². The summed E-state index contributed by atoms with van der Waals surface area (Å²) in [6.45, 7) is 0. The highest BCUT2D eigenvalue weighted by atomic mass is 35.5. The second-order valence-corrected chi connectivity index (χ2v) is 5.87. The molecule has 0 saturated carbocycles. The molecule has 0 aliphatic carbocycles. The van der Waals surface area contributed by atoms with Crippen LogP contribution in [0.5, 0.6) is 0 Å². The maximum atomic E-state index is 13.1. The van der Waals surface area contributed by atoms with Crippen LogP contribution in [0.3, 0.4) is 0 Å². The van der Waals surface area contributed by atoms with Crippen molar-refractivity contribution >= 4 is 40.4 Å². The minimum atomic E-state index is -3.09. The molecule has 0 saturated heterocycles. The zero-order valence-corrected chi connectivity index (χ0v) is 14.1. The molecule has 1 N–H and O–H groups in total. The number of carbonyl (C=O) groups excluding carboxylic acids is 1. The third-order valence-electron chi connectivity index (χ3n) is 3.36. The van der Waals surface area contributed by atoms with Gasteiger partial charge >= 0.3 is 0 Å². The van der Waals surface area contributed by atoms with E-state index in [0.717, 1.165) is 6.07 Å². The molecule has 0 fully saturated rings. The molecule has 0 radical (unpaired) electrons. The average Bonchev–Trinajstić information content (AvgIpc) is 3.01. The molecular formula is C15H8Cl2F4N4O. The number of carbonyl (C=O) groups is 1. The molecule has 3 rings (SSSR count). The largest absolute Gasteiger partial charge is 0.318 e. The Balaban J connectivity index is 2.03. The van der Waals surface area contributed by atoms with Crippen molar-refractivity contribution in [3.8, 4) is 0 Å². The van der Waals surface area contributed by atoms with Crippen LogP contribution in [0.4, 0.5) is 23.2 Å². The number of nitrogens with zero attached hydrogens (tertiary/aromatic N) is 3. The second-order valence-electron chi connectivity index (χ2n) is 5.06. The third-order valence-corrected chi connectivity index (χ3v) is 3.99. The van der Waals surface area contributed by atoms with Crippen molar-refractivity contribution in [1.82, 2.24) is 14.6 Å². The predicted octanol–water partition coefficient (Wildman–Crippen LogP) is 5.16. The van der Waals surface area contributed by atoms with Crippen LogP contribution in [0.2, 0.25) is 10.0 Å². The zero-order valence-electron chi connectivity index (χ0n) is 12.6. The van der Waals surface area contributed by atoms with Crippen molar-refractivity contribution in [2.75, 3.05) is 5.32 Å². The van der Waals surface area contributed by atoms with Crippen molar-refractivity contribution in [3.05, 3.63) is 57.5 Å². The summed E-state index contributed by atoms with van der Waals surface area (Å²) in [6, 6.07) is 6.09. The molecule has 1 amide bonds. The van der Waals surface area contributed by atoms with E-state index in [0.29, 0.717) is 10.6 Å². The van der Waals surface area contributed by atoms with Gasteiger partial charge in [0.25, 0.3) is 18.8 Å². The van der Waals surface area contributed by atoms with Crippen LogP contribution in [0.1, 0.15) is 34.7 Å². The lowest BCUT2D eigenvalue weighted by molar-refractivity contribution is 0.102. The molecule has 0 atom stereocenters. The highest BCUT2D eigenvalue weighted by Gasteiger charge is 2.22. The van der Waals surface area contributed by atoms with E-state index in [1.165, 1.54) is 12.1 Å². The SMILES string of the molecule is O=C(Nc1c(Cl)cccc1Cl)c1cc2nc(C(F)F)cc(C(F)F)n2n1. The van der Waals surface area contributed by atoms with Crippen molar-refractivity contribution in [3.63, 3.8) is 0 Å². The first-order valence-electron chi connectivity index (χ1n) is 7.00. The number of halogens is 6. The fraction of sp³-hybridized carbons (Fsp3) is 0.133. The van der Waals surface area contributed by atoms with E-state index in [4.69, 9.17) is 23.2 Å². The lowest BCUT2D eigenvalue weighted by atomic mass is 10.3. The van der Waals surface area contributed by atoms with Gasteiger partial charge in [-0.3, -0.25) is 4.79 Å².